The van der Waals surface area contributed by atoms with Gasteiger partial charge >= 0.3 is 0 Å². The van der Waals surface area contributed by atoms with Crippen molar-refractivity contribution in [2.24, 2.45) is 11.8 Å². The van der Waals surface area contributed by atoms with E-state index in [0.29, 0.717) is 0 Å². The fourth-order valence-electron chi connectivity index (χ4n) is 2.41. The minimum Gasteiger partial charge on any atom is -0.373 e. The molecule has 3 heteroatoms. The van der Waals surface area contributed by atoms with E-state index >= 15 is 0 Å². The topological polar surface area (TPSA) is 28.2 Å². The molecular weight excluding hydrogens is 222 g/mol. The number of anilines is 1. The average Bonchev–Trinajstić information content (AvgIpc) is 3.05. The van der Waals surface area contributed by atoms with Crippen LogP contribution >= 0.6 is 0 Å². The van der Waals surface area contributed by atoms with Crippen LogP contribution in [-0.2, 0) is 6.54 Å². The summed E-state index contributed by atoms with van der Waals surface area (Å²) in [6.45, 7) is 7.71. The summed E-state index contributed by atoms with van der Waals surface area (Å²) in [5.41, 5.74) is 2.63. The number of hydrogen-bond donors (Lipinski definition) is 1. The maximum absolute atomic E-state index is 4.27. The second-order valence-corrected chi connectivity index (χ2v) is 5.53. The monoisotopic (exact) mass is 247 g/mol. The second-order valence-electron chi connectivity index (χ2n) is 5.53. The first kappa shape index (κ1) is 13.3. The highest BCUT2D eigenvalue weighted by atomic mass is 15.1. The van der Waals surface area contributed by atoms with Crippen LogP contribution in [0.5, 0.6) is 0 Å². The maximum atomic E-state index is 4.27. The molecule has 2 atom stereocenters. The highest BCUT2D eigenvalue weighted by Crippen LogP contribution is 2.38. The van der Waals surface area contributed by atoms with Crippen LogP contribution in [-0.4, -0.2) is 25.1 Å². The molecule has 1 heterocycles. The maximum Gasteiger partial charge on any atom is 0.0595 e. The molecule has 18 heavy (non-hydrogen) atoms. The van der Waals surface area contributed by atoms with E-state index in [1.165, 1.54) is 24.1 Å². The number of hydrogen-bond acceptors (Lipinski definition) is 3. The third-order valence-electron chi connectivity index (χ3n) is 3.83. The van der Waals surface area contributed by atoms with Crippen LogP contribution in [0.3, 0.4) is 0 Å². The Morgan fingerprint density at radius 3 is 2.94 bits per heavy atom. The highest BCUT2D eigenvalue weighted by molar-refractivity contribution is 5.51. The average molecular weight is 247 g/mol. The molecule has 1 aromatic heterocycles. The molecule has 1 fully saturated rings. The van der Waals surface area contributed by atoms with Crippen LogP contribution in [0.4, 0.5) is 5.69 Å². The van der Waals surface area contributed by atoms with Crippen molar-refractivity contribution in [1.82, 2.24) is 10.3 Å². The van der Waals surface area contributed by atoms with Gasteiger partial charge in [0.1, 0.15) is 0 Å². The Morgan fingerprint density at radius 1 is 1.50 bits per heavy atom. The third kappa shape index (κ3) is 3.45. The van der Waals surface area contributed by atoms with E-state index in [-0.39, 0.29) is 0 Å². The fraction of sp³-hybridized carbons (Fsp3) is 0.667. The molecule has 0 amide bonds. The van der Waals surface area contributed by atoms with Crippen molar-refractivity contribution in [3.05, 3.63) is 24.0 Å². The summed E-state index contributed by atoms with van der Waals surface area (Å²) in [5, 5.41) is 3.47. The zero-order valence-electron chi connectivity index (χ0n) is 11.8. The predicted molar refractivity (Wildman–Crippen MR) is 76.8 cm³/mol. The van der Waals surface area contributed by atoms with E-state index in [0.717, 1.165) is 31.5 Å². The molecular formula is C15H25N3. The van der Waals surface area contributed by atoms with Gasteiger partial charge in [-0.15, -0.1) is 0 Å². The molecule has 2 unspecified atom stereocenters. The predicted octanol–water partition coefficient (Wildman–Crippen LogP) is 2.67. The molecule has 0 bridgehead atoms. The first-order chi connectivity index (χ1) is 8.72. The standard InChI is InChI=1S/C15H25N3/c1-4-6-16-9-13-5-7-17-10-15(13)18(3)11-14-8-12(14)2/h5,7,10,12,14,16H,4,6,8-9,11H2,1-3H3. The van der Waals surface area contributed by atoms with Crippen molar-refractivity contribution in [2.75, 3.05) is 25.0 Å². The molecule has 0 aromatic carbocycles. The summed E-state index contributed by atoms with van der Waals surface area (Å²) < 4.78 is 0. The van der Waals surface area contributed by atoms with Crippen LogP contribution in [0.1, 0.15) is 32.3 Å². The molecule has 0 saturated heterocycles. The van der Waals surface area contributed by atoms with Crippen LogP contribution in [0.25, 0.3) is 0 Å². The molecule has 0 spiro atoms. The SMILES string of the molecule is CCCNCc1ccncc1N(C)CC1CC1C. The quantitative estimate of drug-likeness (QED) is 0.751. The van der Waals surface area contributed by atoms with E-state index in [1.807, 2.05) is 12.4 Å². The van der Waals surface area contributed by atoms with Crippen LogP contribution in [0.15, 0.2) is 18.5 Å². The van der Waals surface area contributed by atoms with Gasteiger partial charge in [0, 0.05) is 26.3 Å². The summed E-state index contributed by atoms with van der Waals surface area (Å²) in [6.07, 6.45) is 6.44. The van der Waals surface area contributed by atoms with Gasteiger partial charge in [0.2, 0.25) is 0 Å². The number of pyridine rings is 1. The van der Waals surface area contributed by atoms with E-state index < -0.39 is 0 Å². The van der Waals surface area contributed by atoms with Gasteiger partial charge in [-0.05, 0) is 42.9 Å². The normalized spacial score (nSPS) is 21.9. The molecule has 1 aliphatic carbocycles. The van der Waals surface area contributed by atoms with Crippen molar-refractivity contribution in [2.45, 2.75) is 33.2 Å². The summed E-state index contributed by atoms with van der Waals surface area (Å²) in [7, 11) is 2.19. The van der Waals surface area contributed by atoms with Gasteiger partial charge in [0.25, 0.3) is 0 Å². The van der Waals surface area contributed by atoms with Gasteiger partial charge in [-0.25, -0.2) is 0 Å². The lowest BCUT2D eigenvalue weighted by molar-refractivity contribution is 0.669. The number of nitrogens with zero attached hydrogens (tertiary/aromatic N) is 2. The molecule has 100 valence electrons. The first-order valence-electron chi connectivity index (χ1n) is 7.07. The lowest BCUT2D eigenvalue weighted by atomic mass is 10.2. The van der Waals surface area contributed by atoms with Gasteiger partial charge in [-0.1, -0.05) is 13.8 Å². The van der Waals surface area contributed by atoms with Crippen LogP contribution < -0.4 is 10.2 Å². The molecule has 1 aliphatic rings. The second kappa shape index (κ2) is 6.19. The number of aromatic nitrogens is 1. The van der Waals surface area contributed by atoms with Crippen molar-refractivity contribution >= 4 is 5.69 Å². The third-order valence-corrected chi connectivity index (χ3v) is 3.83. The Bertz CT molecular complexity index is 378. The van der Waals surface area contributed by atoms with Gasteiger partial charge < -0.3 is 10.2 Å². The van der Waals surface area contributed by atoms with E-state index in [4.69, 9.17) is 0 Å². The van der Waals surface area contributed by atoms with E-state index in [9.17, 15) is 0 Å². The summed E-state index contributed by atoms with van der Waals surface area (Å²) in [6, 6.07) is 2.13. The minimum absolute atomic E-state index is 0.881. The zero-order chi connectivity index (χ0) is 13.0. The summed E-state index contributed by atoms with van der Waals surface area (Å²) >= 11 is 0. The lowest BCUT2D eigenvalue weighted by Gasteiger charge is -2.22. The van der Waals surface area contributed by atoms with Gasteiger partial charge in [-0.2, -0.15) is 0 Å². The minimum atomic E-state index is 0.881. The fourth-order valence-corrected chi connectivity index (χ4v) is 2.41. The number of rotatable bonds is 7. The van der Waals surface area contributed by atoms with E-state index in [2.05, 4.69) is 42.2 Å². The summed E-state index contributed by atoms with van der Waals surface area (Å²) in [5.74, 6) is 1.79. The Balaban J connectivity index is 1.96. The molecule has 1 N–H and O–H groups in total. The van der Waals surface area contributed by atoms with Crippen molar-refractivity contribution in [1.29, 1.82) is 0 Å². The van der Waals surface area contributed by atoms with Crippen molar-refractivity contribution in [3.63, 3.8) is 0 Å². The Hall–Kier alpha value is -1.09. The van der Waals surface area contributed by atoms with Gasteiger partial charge in [0.05, 0.1) is 11.9 Å². The Labute approximate surface area is 111 Å². The zero-order valence-corrected chi connectivity index (χ0v) is 11.8. The molecule has 1 saturated carbocycles. The molecule has 1 aromatic rings. The van der Waals surface area contributed by atoms with Crippen molar-refractivity contribution in [3.8, 4) is 0 Å². The number of nitrogens with one attached hydrogen (secondary N) is 1. The lowest BCUT2D eigenvalue weighted by Crippen LogP contribution is -2.24. The van der Waals surface area contributed by atoms with E-state index in [1.54, 1.807) is 0 Å². The molecule has 3 nitrogen and oxygen atoms in total. The van der Waals surface area contributed by atoms with Gasteiger partial charge in [0.15, 0.2) is 0 Å². The van der Waals surface area contributed by atoms with Crippen LogP contribution in [0.2, 0.25) is 0 Å². The molecule has 0 radical (unpaired) electrons. The van der Waals surface area contributed by atoms with Gasteiger partial charge in [-0.3, -0.25) is 4.98 Å². The largest absolute Gasteiger partial charge is 0.373 e. The van der Waals surface area contributed by atoms with Crippen molar-refractivity contribution < 1.29 is 0 Å². The Kier molecular flexibility index (Phi) is 4.59. The Morgan fingerprint density at radius 2 is 2.28 bits per heavy atom. The van der Waals surface area contributed by atoms with Crippen LogP contribution in [0, 0.1) is 11.8 Å². The first-order valence-corrected chi connectivity index (χ1v) is 7.07. The highest BCUT2D eigenvalue weighted by Gasteiger charge is 2.33. The molecule has 0 aliphatic heterocycles. The summed E-state index contributed by atoms with van der Waals surface area (Å²) in [4.78, 5) is 6.64. The smallest absolute Gasteiger partial charge is 0.0595 e. The molecule has 2 rings (SSSR count).